The number of para-hydroxylation sites is 1. The topological polar surface area (TPSA) is 78.9 Å². The summed E-state index contributed by atoms with van der Waals surface area (Å²) in [6.45, 7) is 3.00. The van der Waals surface area contributed by atoms with Gasteiger partial charge >= 0.3 is 6.03 Å². The largest absolute Gasteiger partial charge is 0.385 e. The van der Waals surface area contributed by atoms with Gasteiger partial charge in [-0.1, -0.05) is 18.2 Å². The van der Waals surface area contributed by atoms with E-state index in [1.807, 2.05) is 0 Å². The van der Waals surface area contributed by atoms with Crippen molar-refractivity contribution in [2.75, 3.05) is 17.2 Å². The summed E-state index contributed by atoms with van der Waals surface area (Å²) in [6.07, 6.45) is 4.20. The van der Waals surface area contributed by atoms with Gasteiger partial charge in [0.1, 0.15) is 12.1 Å². The summed E-state index contributed by atoms with van der Waals surface area (Å²) < 4.78 is 0. The molecular formula is C16H17N5O. The summed E-state index contributed by atoms with van der Waals surface area (Å²) in [4.78, 5) is 20.3. The fourth-order valence-electron chi connectivity index (χ4n) is 3.45. The van der Waals surface area contributed by atoms with E-state index in [0.29, 0.717) is 5.82 Å². The van der Waals surface area contributed by atoms with E-state index >= 15 is 0 Å². The maximum Gasteiger partial charge on any atom is 0.320 e. The Morgan fingerprint density at radius 1 is 1.27 bits per heavy atom. The first-order chi connectivity index (χ1) is 10.7. The summed E-state index contributed by atoms with van der Waals surface area (Å²) in [5.41, 5.74) is 4.60. The van der Waals surface area contributed by atoms with Crippen molar-refractivity contribution in [2.24, 2.45) is 0 Å². The lowest BCUT2D eigenvalue weighted by molar-refractivity contribution is 0.244. The van der Waals surface area contributed by atoms with Crippen LogP contribution in [0.1, 0.15) is 35.1 Å². The van der Waals surface area contributed by atoms with E-state index in [0.717, 1.165) is 18.5 Å². The molecule has 1 aromatic heterocycles. The Labute approximate surface area is 128 Å². The molecule has 0 aliphatic carbocycles. The molecule has 1 unspecified atom stereocenters. The Bertz CT molecular complexity index is 745. The predicted molar refractivity (Wildman–Crippen MR) is 84.0 cm³/mol. The molecule has 0 bridgehead atoms. The van der Waals surface area contributed by atoms with Crippen molar-refractivity contribution in [1.29, 1.82) is 0 Å². The molecule has 2 aliphatic heterocycles. The third-order valence-corrected chi connectivity index (χ3v) is 4.46. The smallest absolute Gasteiger partial charge is 0.320 e. The minimum absolute atomic E-state index is 0.104. The van der Waals surface area contributed by atoms with Crippen molar-refractivity contribution in [3.8, 4) is 0 Å². The second-order valence-electron chi connectivity index (χ2n) is 5.76. The van der Waals surface area contributed by atoms with Gasteiger partial charge in [-0.3, -0.25) is 5.32 Å². The number of hydrogen-bond donors (Lipinski definition) is 3. The number of carbonyl (C=O) groups is 1. The summed E-state index contributed by atoms with van der Waals surface area (Å²) >= 11 is 0. The van der Waals surface area contributed by atoms with E-state index in [9.17, 15) is 4.79 Å². The molecule has 4 rings (SSSR count). The minimum Gasteiger partial charge on any atom is -0.385 e. The second-order valence-corrected chi connectivity index (χ2v) is 5.76. The van der Waals surface area contributed by atoms with Crippen molar-refractivity contribution in [3.05, 3.63) is 47.4 Å². The van der Waals surface area contributed by atoms with E-state index < -0.39 is 0 Å². The zero-order chi connectivity index (χ0) is 15.1. The zero-order valence-electron chi connectivity index (χ0n) is 12.3. The molecule has 3 heterocycles. The minimum atomic E-state index is -0.205. The van der Waals surface area contributed by atoms with Gasteiger partial charge in [0.05, 0.1) is 6.04 Å². The van der Waals surface area contributed by atoms with Crippen LogP contribution in [0.4, 0.5) is 16.3 Å². The van der Waals surface area contributed by atoms with Crippen LogP contribution in [0.15, 0.2) is 30.7 Å². The number of benzene rings is 1. The van der Waals surface area contributed by atoms with Gasteiger partial charge in [-0.15, -0.1) is 0 Å². The van der Waals surface area contributed by atoms with Crippen molar-refractivity contribution < 1.29 is 4.79 Å². The average Bonchev–Trinajstić information content (AvgIpc) is 2.54. The molecule has 6 heteroatoms. The highest BCUT2D eigenvalue weighted by Crippen LogP contribution is 2.43. The van der Waals surface area contributed by atoms with Gasteiger partial charge in [-0.25, -0.2) is 14.8 Å². The third kappa shape index (κ3) is 1.99. The van der Waals surface area contributed by atoms with Crippen LogP contribution in [0, 0.1) is 6.92 Å². The number of nitrogens with one attached hydrogen (secondary N) is 3. The van der Waals surface area contributed by atoms with Crippen molar-refractivity contribution in [1.82, 2.24) is 15.3 Å². The Morgan fingerprint density at radius 3 is 3.09 bits per heavy atom. The maximum atomic E-state index is 12.0. The molecule has 6 nitrogen and oxygen atoms in total. The first kappa shape index (κ1) is 13.1. The zero-order valence-corrected chi connectivity index (χ0v) is 12.3. The van der Waals surface area contributed by atoms with E-state index in [1.165, 1.54) is 23.1 Å². The molecule has 2 atom stereocenters. The molecule has 3 N–H and O–H groups in total. The highest BCUT2D eigenvalue weighted by molar-refractivity contribution is 5.91. The number of nitrogens with zero attached hydrogens (tertiary/aromatic N) is 2. The number of rotatable bonds is 1. The van der Waals surface area contributed by atoms with Crippen LogP contribution in [-0.2, 0) is 0 Å². The molecular weight excluding hydrogens is 278 g/mol. The van der Waals surface area contributed by atoms with Crippen LogP contribution in [0.3, 0.4) is 0 Å². The van der Waals surface area contributed by atoms with Gasteiger partial charge in [0.15, 0.2) is 0 Å². The Morgan fingerprint density at radius 2 is 2.18 bits per heavy atom. The molecule has 2 amide bonds. The van der Waals surface area contributed by atoms with E-state index in [2.05, 4.69) is 51.0 Å². The number of urea groups is 1. The molecule has 22 heavy (non-hydrogen) atoms. The molecule has 2 aliphatic rings. The highest BCUT2D eigenvalue weighted by atomic mass is 16.2. The van der Waals surface area contributed by atoms with Crippen LogP contribution >= 0.6 is 0 Å². The molecule has 0 saturated carbocycles. The molecule has 0 spiro atoms. The number of aromatic nitrogens is 2. The molecule has 2 aromatic rings. The lowest BCUT2D eigenvalue weighted by Crippen LogP contribution is -2.42. The van der Waals surface area contributed by atoms with Crippen molar-refractivity contribution >= 4 is 17.5 Å². The number of amides is 2. The standard InChI is InChI=1S/C16H17N5O/c1-9-3-2-4-10-11(5-6-18-13(9)10)14-12-7-17-8-19-15(12)21-16(22)20-14/h2-4,7-8,11,14,18H,5-6H2,1H3,(H2,17,19,20,21,22)/t11-,14?/m0/s1. The van der Waals surface area contributed by atoms with Crippen molar-refractivity contribution in [2.45, 2.75) is 25.3 Å². The Hall–Kier alpha value is -2.63. The molecule has 112 valence electrons. The van der Waals surface area contributed by atoms with Gasteiger partial charge in [-0.2, -0.15) is 0 Å². The quantitative estimate of drug-likeness (QED) is 0.755. The second kappa shape index (κ2) is 4.98. The van der Waals surface area contributed by atoms with Gasteiger partial charge in [-0.05, 0) is 24.5 Å². The Balaban J connectivity index is 1.81. The third-order valence-electron chi connectivity index (χ3n) is 4.46. The van der Waals surface area contributed by atoms with Gasteiger partial charge in [0.2, 0.25) is 0 Å². The van der Waals surface area contributed by atoms with Crippen LogP contribution in [0.2, 0.25) is 0 Å². The number of aryl methyl sites for hydroxylation is 1. The molecule has 0 fully saturated rings. The molecule has 0 saturated heterocycles. The first-order valence-electron chi connectivity index (χ1n) is 7.45. The number of hydrogen-bond acceptors (Lipinski definition) is 4. The van der Waals surface area contributed by atoms with Gasteiger partial charge in [0.25, 0.3) is 0 Å². The van der Waals surface area contributed by atoms with Gasteiger partial charge in [0, 0.05) is 29.9 Å². The predicted octanol–water partition coefficient (Wildman–Crippen LogP) is 2.56. The lowest BCUT2D eigenvalue weighted by Gasteiger charge is -2.36. The average molecular weight is 295 g/mol. The van der Waals surface area contributed by atoms with E-state index in [4.69, 9.17) is 0 Å². The van der Waals surface area contributed by atoms with Crippen LogP contribution in [-0.4, -0.2) is 22.5 Å². The van der Waals surface area contributed by atoms with Crippen molar-refractivity contribution in [3.63, 3.8) is 0 Å². The normalized spacial score (nSPS) is 22.7. The fourth-order valence-corrected chi connectivity index (χ4v) is 3.45. The lowest BCUT2D eigenvalue weighted by atomic mass is 9.81. The highest BCUT2D eigenvalue weighted by Gasteiger charge is 2.35. The first-order valence-corrected chi connectivity index (χ1v) is 7.45. The van der Waals surface area contributed by atoms with E-state index in [-0.39, 0.29) is 18.0 Å². The summed E-state index contributed by atoms with van der Waals surface area (Å²) in [7, 11) is 0. The maximum absolute atomic E-state index is 12.0. The summed E-state index contributed by atoms with van der Waals surface area (Å²) in [5, 5.41) is 9.27. The fraction of sp³-hybridized carbons (Fsp3) is 0.312. The molecule has 0 radical (unpaired) electrons. The van der Waals surface area contributed by atoms with Crippen LogP contribution in [0.5, 0.6) is 0 Å². The van der Waals surface area contributed by atoms with Crippen LogP contribution < -0.4 is 16.0 Å². The number of carbonyl (C=O) groups excluding carboxylic acids is 1. The van der Waals surface area contributed by atoms with Gasteiger partial charge < -0.3 is 10.6 Å². The summed E-state index contributed by atoms with van der Waals surface area (Å²) in [5.74, 6) is 0.823. The Kier molecular flexibility index (Phi) is 2.96. The SMILES string of the molecule is Cc1cccc2c1NCC[C@@H]2C1NC(=O)Nc2ncncc21. The van der Waals surface area contributed by atoms with E-state index in [1.54, 1.807) is 6.20 Å². The number of fused-ring (bicyclic) bond motifs is 2. The monoisotopic (exact) mass is 295 g/mol. The summed E-state index contributed by atoms with van der Waals surface area (Å²) in [6, 6.07) is 6.00. The van der Waals surface area contributed by atoms with Crippen LogP contribution in [0.25, 0.3) is 0 Å². The molecule has 1 aromatic carbocycles. The number of anilines is 2.